The van der Waals surface area contributed by atoms with E-state index >= 15 is 0 Å². The third-order valence-corrected chi connectivity index (χ3v) is 4.94. The fourth-order valence-electron chi connectivity index (χ4n) is 3.29. The molecule has 7 heteroatoms. The average Bonchev–Trinajstić information content (AvgIpc) is 2.74. The predicted octanol–water partition coefficient (Wildman–Crippen LogP) is 2.65. The van der Waals surface area contributed by atoms with Crippen molar-refractivity contribution in [1.82, 2.24) is 4.90 Å². The number of amides is 2. The van der Waals surface area contributed by atoms with Gasteiger partial charge in [0.15, 0.2) is 11.5 Å². The molecule has 0 spiro atoms. The molecule has 7 nitrogen and oxygen atoms in total. The summed E-state index contributed by atoms with van der Waals surface area (Å²) in [6.07, 6.45) is 0. The molecular formula is C21H24N2O5. The van der Waals surface area contributed by atoms with Crippen molar-refractivity contribution in [3.05, 3.63) is 48.0 Å². The molecule has 0 aromatic heterocycles. The second-order valence-electron chi connectivity index (χ2n) is 6.49. The molecule has 0 saturated carbocycles. The molecule has 2 aromatic rings. The summed E-state index contributed by atoms with van der Waals surface area (Å²) in [7, 11) is 4.70. The number of carbonyl (C=O) groups is 2. The van der Waals surface area contributed by atoms with Gasteiger partial charge in [-0.2, -0.15) is 0 Å². The predicted molar refractivity (Wildman–Crippen MR) is 105 cm³/mol. The minimum atomic E-state index is -0.274. The van der Waals surface area contributed by atoms with Crippen molar-refractivity contribution < 1.29 is 23.8 Å². The molecule has 28 heavy (non-hydrogen) atoms. The third kappa shape index (κ3) is 3.74. The number of anilines is 1. The van der Waals surface area contributed by atoms with Crippen molar-refractivity contribution in [1.29, 1.82) is 0 Å². The first-order valence-electron chi connectivity index (χ1n) is 8.94. The Balaban J connectivity index is 1.80. The number of piperazine rings is 1. The molecule has 1 heterocycles. The highest BCUT2D eigenvalue weighted by Gasteiger charge is 2.34. The number of hydrogen-bond donors (Lipinski definition) is 0. The quantitative estimate of drug-likeness (QED) is 0.766. The van der Waals surface area contributed by atoms with Gasteiger partial charge in [0.1, 0.15) is 18.8 Å². The molecular weight excluding hydrogens is 360 g/mol. The van der Waals surface area contributed by atoms with E-state index in [0.29, 0.717) is 22.9 Å². The van der Waals surface area contributed by atoms with Crippen molar-refractivity contribution >= 4 is 17.5 Å². The van der Waals surface area contributed by atoms with Gasteiger partial charge in [-0.25, -0.2) is 0 Å². The van der Waals surface area contributed by atoms with Crippen LogP contribution in [0.1, 0.15) is 18.5 Å². The van der Waals surface area contributed by atoms with Gasteiger partial charge in [0.25, 0.3) is 0 Å². The van der Waals surface area contributed by atoms with Gasteiger partial charge >= 0.3 is 0 Å². The molecule has 0 N–H and O–H groups in total. The molecule has 0 aliphatic carbocycles. The standard InChI is InChI=1S/C21H24N2O5/c1-14(15-8-9-18(27-3)19(10-15)28-4)22-12-21(25)23(13-20(22)24)16-6-5-7-17(11-16)26-2/h5-11,14H,12-13H2,1-4H3. The maximum absolute atomic E-state index is 12.8. The third-order valence-electron chi connectivity index (χ3n) is 4.94. The van der Waals surface area contributed by atoms with Gasteiger partial charge in [-0.1, -0.05) is 12.1 Å². The maximum atomic E-state index is 12.8. The zero-order valence-electron chi connectivity index (χ0n) is 16.5. The van der Waals surface area contributed by atoms with E-state index in [0.717, 1.165) is 5.56 Å². The van der Waals surface area contributed by atoms with E-state index in [4.69, 9.17) is 14.2 Å². The van der Waals surface area contributed by atoms with Crippen molar-refractivity contribution in [2.45, 2.75) is 13.0 Å². The highest BCUT2D eigenvalue weighted by Crippen LogP contribution is 2.33. The summed E-state index contributed by atoms with van der Waals surface area (Å²) < 4.78 is 15.8. The van der Waals surface area contributed by atoms with Gasteiger partial charge in [-0.15, -0.1) is 0 Å². The van der Waals surface area contributed by atoms with E-state index in [1.165, 1.54) is 4.90 Å². The second-order valence-corrected chi connectivity index (χ2v) is 6.49. The molecule has 1 aliphatic rings. The number of benzene rings is 2. The second kappa shape index (κ2) is 8.21. The Hall–Kier alpha value is -3.22. The molecule has 1 aliphatic heterocycles. The SMILES string of the molecule is COc1cccc(N2CC(=O)N(C(C)c3ccc(OC)c(OC)c3)CC2=O)c1. The summed E-state index contributed by atoms with van der Waals surface area (Å²) in [6, 6.07) is 12.4. The molecule has 2 aromatic carbocycles. The number of rotatable bonds is 6. The largest absolute Gasteiger partial charge is 0.497 e. The maximum Gasteiger partial charge on any atom is 0.247 e. The molecule has 148 valence electrons. The van der Waals surface area contributed by atoms with Gasteiger partial charge < -0.3 is 24.0 Å². The summed E-state index contributed by atoms with van der Waals surface area (Å²) in [6.45, 7) is 1.89. The van der Waals surface area contributed by atoms with Crippen LogP contribution >= 0.6 is 0 Å². The lowest BCUT2D eigenvalue weighted by molar-refractivity contribution is -0.140. The Morgan fingerprint density at radius 3 is 2.29 bits per heavy atom. The number of hydrogen-bond acceptors (Lipinski definition) is 5. The number of methoxy groups -OCH3 is 3. The minimum absolute atomic E-state index is 0.00551. The Bertz CT molecular complexity index is 883. The monoisotopic (exact) mass is 384 g/mol. The van der Waals surface area contributed by atoms with Crippen molar-refractivity contribution in [2.24, 2.45) is 0 Å². The van der Waals surface area contributed by atoms with E-state index < -0.39 is 0 Å². The lowest BCUT2D eigenvalue weighted by atomic mass is 10.0. The average molecular weight is 384 g/mol. The summed E-state index contributed by atoms with van der Waals surface area (Å²) in [5.74, 6) is 1.58. The van der Waals surface area contributed by atoms with Crippen LogP contribution in [-0.2, 0) is 9.59 Å². The normalized spacial score (nSPS) is 15.4. The lowest BCUT2D eigenvalue weighted by Crippen LogP contribution is -2.54. The fourth-order valence-corrected chi connectivity index (χ4v) is 3.29. The van der Waals surface area contributed by atoms with Gasteiger partial charge in [0.2, 0.25) is 11.8 Å². The van der Waals surface area contributed by atoms with E-state index in [1.807, 2.05) is 19.1 Å². The molecule has 0 radical (unpaired) electrons. The summed E-state index contributed by atoms with van der Waals surface area (Å²) in [5.41, 5.74) is 1.52. The van der Waals surface area contributed by atoms with Crippen LogP contribution in [0.5, 0.6) is 17.2 Å². The first-order chi connectivity index (χ1) is 13.5. The molecule has 2 amide bonds. The molecule has 1 fully saturated rings. The molecule has 1 saturated heterocycles. The number of nitrogens with zero attached hydrogens (tertiary/aromatic N) is 2. The summed E-state index contributed by atoms with van der Waals surface area (Å²) in [5, 5.41) is 0. The lowest BCUT2D eigenvalue weighted by Gasteiger charge is -2.37. The Kier molecular flexibility index (Phi) is 5.73. The van der Waals surface area contributed by atoms with Gasteiger partial charge in [-0.3, -0.25) is 9.59 Å². The van der Waals surface area contributed by atoms with Crippen molar-refractivity contribution in [3.63, 3.8) is 0 Å². The van der Waals surface area contributed by atoms with Crippen LogP contribution in [0.3, 0.4) is 0 Å². The van der Waals surface area contributed by atoms with Gasteiger partial charge in [0.05, 0.1) is 27.4 Å². The summed E-state index contributed by atoms with van der Waals surface area (Å²) >= 11 is 0. The molecule has 1 atom stereocenters. The van der Waals surface area contributed by atoms with Gasteiger partial charge in [-0.05, 0) is 36.8 Å². The Labute approximate surface area is 164 Å². The van der Waals surface area contributed by atoms with Crippen LogP contribution in [0, 0.1) is 0 Å². The Morgan fingerprint density at radius 2 is 1.61 bits per heavy atom. The van der Waals surface area contributed by atoms with E-state index in [2.05, 4.69) is 0 Å². The highest BCUT2D eigenvalue weighted by molar-refractivity contribution is 6.04. The molecule has 0 bridgehead atoms. The van der Waals surface area contributed by atoms with Crippen LogP contribution in [0.4, 0.5) is 5.69 Å². The highest BCUT2D eigenvalue weighted by atomic mass is 16.5. The van der Waals surface area contributed by atoms with Crippen LogP contribution < -0.4 is 19.1 Å². The van der Waals surface area contributed by atoms with E-state index in [-0.39, 0.29) is 30.9 Å². The fraction of sp³-hybridized carbons (Fsp3) is 0.333. The van der Waals surface area contributed by atoms with Crippen LogP contribution in [0.2, 0.25) is 0 Å². The smallest absolute Gasteiger partial charge is 0.247 e. The van der Waals surface area contributed by atoms with E-state index in [9.17, 15) is 9.59 Å². The number of ether oxygens (including phenoxy) is 3. The first kappa shape index (κ1) is 19.5. The van der Waals surface area contributed by atoms with Crippen molar-refractivity contribution in [2.75, 3.05) is 39.3 Å². The topological polar surface area (TPSA) is 68.3 Å². The van der Waals surface area contributed by atoms with Gasteiger partial charge in [0, 0.05) is 11.8 Å². The molecule has 3 rings (SSSR count). The van der Waals surface area contributed by atoms with Crippen LogP contribution in [0.15, 0.2) is 42.5 Å². The first-order valence-corrected chi connectivity index (χ1v) is 8.94. The minimum Gasteiger partial charge on any atom is -0.497 e. The van der Waals surface area contributed by atoms with Crippen molar-refractivity contribution in [3.8, 4) is 17.2 Å². The van der Waals surface area contributed by atoms with Crippen LogP contribution in [-0.4, -0.2) is 51.1 Å². The van der Waals surface area contributed by atoms with Crippen LogP contribution in [0.25, 0.3) is 0 Å². The zero-order chi connectivity index (χ0) is 20.3. The summed E-state index contributed by atoms with van der Waals surface area (Å²) in [4.78, 5) is 28.6. The zero-order valence-corrected chi connectivity index (χ0v) is 16.5. The number of carbonyl (C=O) groups excluding carboxylic acids is 2. The Morgan fingerprint density at radius 1 is 0.857 bits per heavy atom. The van der Waals surface area contributed by atoms with E-state index in [1.54, 1.807) is 56.6 Å². The molecule has 1 unspecified atom stereocenters.